The van der Waals surface area contributed by atoms with E-state index in [4.69, 9.17) is 5.73 Å². The monoisotopic (exact) mass is 337 g/mol. The lowest BCUT2D eigenvalue weighted by atomic mass is 10.2. The second-order valence-electron chi connectivity index (χ2n) is 4.54. The molecule has 98 valence electrons. The predicted octanol–water partition coefficient (Wildman–Crippen LogP) is 3.62. The van der Waals surface area contributed by atoms with E-state index in [9.17, 15) is 4.79 Å². The van der Waals surface area contributed by atoms with Crippen LogP contribution in [0.5, 0.6) is 0 Å². The van der Waals surface area contributed by atoms with E-state index in [0.29, 0.717) is 22.3 Å². The van der Waals surface area contributed by atoms with E-state index in [-0.39, 0.29) is 5.91 Å². The molecule has 0 bridgehead atoms. The minimum Gasteiger partial charge on any atom is -0.398 e. The molecule has 19 heavy (non-hydrogen) atoms. The Kier molecular flexibility index (Phi) is 3.28. The number of thiazole rings is 1. The van der Waals surface area contributed by atoms with E-state index in [1.165, 1.54) is 24.2 Å². The molecule has 1 aliphatic carbocycles. The molecular weight excluding hydrogens is 326 g/mol. The van der Waals surface area contributed by atoms with Gasteiger partial charge in [0, 0.05) is 21.5 Å². The van der Waals surface area contributed by atoms with Crippen molar-refractivity contribution < 1.29 is 4.79 Å². The van der Waals surface area contributed by atoms with Crippen molar-refractivity contribution in [2.45, 2.75) is 18.8 Å². The zero-order valence-electron chi connectivity index (χ0n) is 10.0. The largest absolute Gasteiger partial charge is 0.398 e. The lowest BCUT2D eigenvalue weighted by molar-refractivity contribution is 0.102. The van der Waals surface area contributed by atoms with Gasteiger partial charge in [0.15, 0.2) is 5.13 Å². The summed E-state index contributed by atoms with van der Waals surface area (Å²) in [5.74, 6) is 0.376. The van der Waals surface area contributed by atoms with Gasteiger partial charge in [-0.1, -0.05) is 15.9 Å². The molecule has 0 saturated heterocycles. The Hall–Kier alpha value is -1.40. The quantitative estimate of drug-likeness (QED) is 0.840. The molecule has 1 heterocycles. The topological polar surface area (TPSA) is 68.0 Å². The Morgan fingerprint density at radius 1 is 1.47 bits per heavy atom. The number of rotatable bonds is 3. The Bertz CT molecular complexity index is 637. The molecule has 0 radical (unpaired) electrons. The van der Waals surface area contributed by atoms with Crippen molar-refractivity contribution in [1.29, 1.82) is 0 Å². The number of nitrogens with two attached hydrogens (primary N) is 1. The highest BCUT2D eigenvalue weighted by atomic mass is 79.9. The first-order valence-electron chi connectivity index (χ1n) is 5.95. The van der Waals surface area contributed by atoms with Crippen molar-refractivity contribution >= 4 is 44.0 Å². The third kappa shape index (κ3) is 2.79. The van der Waals surface area contributed by atoms with Crippen molar-refractivity contribution in [2.75, 3.05) is 11.1 Å². The number of hydrogen-bond acceptors (Lipinski definition) is 4. The van der Waals surface area contributed by atoms with E-state index in [1.807, 2.05) is 5.38 Å². The zero-order chi connectivity index (χ0) is 13.4. The summed E-state index contributed by atoms with van der Waals surface area (Å²) in [5.41, 5.74) is 7.83. The molecule has 0 atom stereocenters. The van der Waals surface area contributed by atoms with Crippen LogP contribution in [0.25, 0.3) is 0 Å². The fraction of sp³-hybridized carbons (Fsp3) is 0.231. The minimum absolute atomic E-state index is 0.221. The van der Waals surface area contributed by atoms with Crippen LogP contribution >= 0.6 is 27.3 Å². The average Bonchev–Trinajstić information content (AvgIpc) is 3.10. The van der Waals surface area contributed by atoms with Crippen molar-refractivity contribution in [1.82, 2.24) is 4.98 Å². The number of benzene rings is 1. The van der Waals surface area contributed by atoms with Crippen LogP contribution in [0.15, 0.2) is 28.1 Å². The van der Waals surface area contributed by atoms with Crippen molar-refractivity contribution in [3.05, 3.63) is 39.3 Å². The predicted molar refractivity (Wildman–Crippen MR) is 80.6 cm³/mol. The second kappa shape index (κ2) is 4.94. The van der Waals surface area contributed by atoms with Gasteiger partial charge < -0.3 is 5.73 Å². The molecule has 1 aliphatic rings. The van der Waals surface area contributed by atoms with E-state index in [0.717, 1.165) is 10.2 Å². The van der Waals surface area contributed by atoms with Crippen LogP contribution < -0.4 is 11.1 Å². The van der Waals surface area contributed by atoms with Crippen molar-refractivity contribution in [2.24, 2.45) is 0 Å². The molecule has 1 aromatic carbocycles. The molecule has 1 amide bonds. The number of carbonyl (C=O) groups is 1. The first-order valence-corrected chi connectivity index (χ1v) is 7.62. The van der Waals surface area contributed by atoms with E-state index >= 15 is 0 Å². The SMILES string of the molecule is Nc1cc(Br)ccc1C(=O)Nc1nc(C2CC2)cs1. The first kappa shape index (κ1) is 12.6. The van der Waals surface area contributed by atoms with Gasteiger partial charge in [-0.15, -0.1) is 11.3 Å². The molecule has 0 spiro atoms. The van der Waals surface area contributed by atoms with Crippen molar-refractivity contribution in [3.8, 4) is 0 Å². The summed E-state index contributed by atoms with van der Waals surface area (Å²) in [6.07, 6.45) is 2.41. The normalized spacial score (nSPS) is 14.4. The van der Waals surface area contributed by atoms with Crippen LogP contribution in [0.4, 0.5) is 10.8 Å². The molecule has 3 rings (SSSR count). The Balaban J connectivity index is 1.76. The molecule has 1 fully saturated rings. The second-order valence-corrected chi connectivity index (χ2v) is 6.31. The van der Waals surface area contributed by atoms with Crippen LogP contribution in [0.3, 0.4) is 0 Å². The standard InChI is InChI=1S/C13H12BrN3OS/c14-8-3-4-9(10(15)5-8)12(18)17-13-16-11(6-19-13)7-1-2-7/h3-7H,1-2,15H2,(H,16,17,18). The van der Waals surface area contributed by atoms with Gasteiger partial charge in [-0.2, -0.15) is 0 Å². The number of nitrogens with one attached hydrogen (secondary N) is 1. The Labute approximate surface area is 123 Å². The summed E-state index contributed by atoms with van der Waals surface area (Å²) in [6.45, 7) is 0. The summed E-state index contributed by atoms with van der Waals surface area (Å²) >= 11 is 4.77. The smallest absolute Gasteiger partial charge is 0.259 e. The van der Waals surface area contributed by atoms with Crippen LogP contribution in [0.2, 0.25) is 0 Å². The Morgan fingerprint density at radius 3 is 2.95 bits per heavy atom. The molecule has 0 aliphatic heterocycles. The molecular formula is C13H12BrN3OS. The maximum Gasteiger partial charge on any atom is 0.259 e. The number of nitrogens with zero attached hydrogens (tertiary/aromatic N) is 1. The van der Waals surface area contributed by atoms with Gasteiger partial charge in [0.1, 0.15) is 0 Å². The van der Waals surface area contributed by atoms with E-state index < -0.39 is 0 Å². The van der Waals surface area contributed by atoms with Gasteiger partial charge in [-0.05, 0) is 31.0 Å². The number of carbonyl (C=O) groups excluding carboxylic acids is 1. The fourth-order valence-corrected chi connectivity index (χ4v) is 2.98. The highest BCUT2D eigenvalue weighted by Gasteiger charge is 2.26. The van der Waals surface area contributed by atoms with Gasteiger partial charge in [-0.3, -0.25) is 10.1 Å². The lowest BCUT2D eigenvalue weighted by Gasteiger charge is -2.05. The van der Waals surface area contributed by atoms with Gasteiger partial charge in [0.25, 0.3) is 5.91 Å². The molecule has 4 nitrogen and oxygen atoms in total. The summed E-state index contributed by atoms with van der Waals surface area (Å²) in [4.78, 5) is 16.5. The molecule has 6 heteroatoms. The van der Waals surface area contributed by atoms with E-state index in [1.54, 1.807) is 18.2 Å². The van der Waals surface area contributed by atoms with Crippen LogP contribution in [0, 0.1) is 0 Å². The molecule has 1 aromatic heterocycles. The summed E-state index contributed by atoms with van der Waals surface area (Å²) in [7, 11) is 0. The van der Waals surface area contributed by atoms with Crippen LogP contribution in [-0.4, -0.2) is 10.9 Å². The number of amides is 1. The highest BCUT2D eigenvalue weighted by Crippen LogP contribution is 2.40. The number of hydrogen-bond donors (Lipinski definition) is 2. The van der Waals surface area contributed by atoms with E-state index in [2.05, 4.69) is 26.2 Å². The molecule has 2 aromatic rings. The van der Waals surface area contributed by atoms with Gasteiger partial charge in [0.05, 0.1) is 11.3 Å². The maximum atomic E-state index is 12.1. The van der Waals surface area contributed by atoms with Crippen LogP contribution in [0.1, 0.15) is 34.8 Å². The number of anilines is 2. The van der Waals surface area contributed by atoms with Crippen LogP contribution in [-0.2, 0) is 0 Å². The van der Waals surface area contributed by atoms with Gasteiger partial charge in [-0.25, -0.2) is 4.98 Å². The molecule has 3 N–H and O–H groups in total. The molecule has 1 saturated carbocycles. The first-order chi connectivity index (χ1) is 9.13. The lowest BCUT2D eigenvalue weighted by Crippen LogP contribution is -2.13. The third-order valence-corrected chi connectivity index (χ3v) is 4.27. The summed E-state index contributed by atoms with van der Waals surface area (Å²) < 4.78 is 0.854. The minimum atomic E-state index is -0.221. The maximum absolute atomic E-state index is 12.1. The average molecular weight is 338 g/mol. The number of aromatic nitrogens is 1. The third-order valence-electron chi connectivity index (χ3n) is 3.00. The highest BCUT2D eigenvalue weighted by molar-refractivity contribution is 9.10. The van der Waals surface area contributed by atoms with Gasteiger partial charge in [0.2, 0.25) is 0 Å². The zero-order valence-corrected chi connectivity index (χ0v) is 12.4. The summed E-state index contributed by atoms with van der Waals surface area (Å²) in [5, 5.41) is 5.44. The fourth-order valence-electron chi connectivity index (χ4n) is 1.81. The summed E-state index contributed by atoms with van der Waals surface area (Å²) in [6, 6.07) is 5.21. The number of halogens is 1. The Morgan fingerprint density at radius 2 is 2.26 bits per heavy atom. The van der Waals surface area contributed by atoms with Gasteiger partial charge >= 0.3 is 0 Å². The number of nitrogen functional groups attached to an aromatic ring is 1. The van der Waals surface area contributed by atoms with Crippen molar-refractivity contribution in [3.63, 3.8) is 0 Å². The molecule has 0 unspecified atom stereocenters.